The number of carboxylic acid groups (broad SMARTS) is 1. The Morgan fingerprint density at radius 2 is 2.22 bits per heavy atom. The minimum atomic E-state index is -1.12. The summed E-state index contributed by atoms with van der Waals surface area (Å²) in [5.41, 5.74) is 1.47. The average molecular weight is 333 g/mol. The van der Waals surface area contributed by atoms with Gasteiger partial charge >= 0.3 is 5.97 Å². The van der Waals surface area contributed by atoms with Crippen molar-refractivity contribution >= 4 is 23.2 Å². The second-order valence-corrected chi connectivity index (χ2v) is 5.94. The van der Waals surface area contributed by atoms with Gasteiger partial charge in [-0.3, -0.25) is 4.79 Å². The molecular weight excluding hydrogens is 318 g/mol. The Labute approximate surface area is 136 Å². The van der Waals surface area contributed by atoms with Crippen molar-refractivity contribution in [2.75, 3.05) is 13.7 Å². The van der Waals surface area contributed by atoms with Crippen molar-refractivity contribution < 1.29 is 24.2 Å². The molecule has 2 heterocycles. The summed E-state index contributed by atoms with van der Waals surface area (Å²) >= 11 is 1.20. The van der Waals surface area contributed by atoms with Crippen LogP contribution < -0.4 is 14.8 Å². The predicted molar refractivity (Wildman–Crippen MR) is 84.4 cm³/mol. The Hall–Kier alpha value is -2.54. The molecule has 23 heavy (non-hydrogen) atoms. The summed E-state index contributed by atoms with van der Waals surface area (Å²) in [5, 5.41) is 13.7. The number of thiophene rings is 1. The van der Waals surface area contributed by atoms with Crippen molar-refractivity contribution in [1.82, 2.24) is 5.32 Å². The number of hydrogen-bond donors (Lipinski definition) is 2. The largest absolute Gasteiger partial charge is 0.495 e. The summed E-state index contributed by atoms with van der Waals surface area (Å²) in [7, 11) is 1.47. The molecule has 1 aromatic heterocycles. The van der Waals surface area contributed by atoms with E-state index in [1.807, 2.05) is 0 Å². The Balaban J connectivity index is 1.85. The number of fused-ring (bicyclic) bond motifs is 1. The normalized spacial score (nSPS) is 13.8. The molecular formula is C16H15NO5S. The average Bonchev–Trinajstić information content (AvgIpc) is 3.19. The fraction of sp³-hybridized carbons (Fsp3) is 0.250. The molecule has 2 aromatic rings. The van der Waals surface area contributed by atoms with Gasteiger partial charge < -0.3 is 19.9 Å². The molecule has 0 unspecified atom stereocenters. The maximum atomic E-state index is 12.3. The van der Waals surface area contributed by atoms with Gasteiger partial charge in [0.05, 0.1) is 13.7 Å². The number of rotatable bonds is 5. The van der Waals surface area contributed by atoms with Gasteiger partial charge in [0.1, 0.15) is 16.4 Å². The molecule has 0 fully saturated rings. The van der Waals surface area contributed by atoms with Crippen LogP contribution in [0.1, 0.15) is 26.8 Å². The molecule has 0 saturated heterocycles. The number of hydrogen-bond acceptors (Lipinski definition) is 5. The lowest BCUT2D eigenvalue weighted by Gasteiger charge is -2.15. The molecule has 0 aliphatic carbocycles. The highest BCUT2D eigenvalue weighted by Crippen LogP contribution is 2.29. The molecule has 0 spiro atoms. The Kier molecular flexibility index (Phi) is 4.20. The fourth-order valence-electron chi connectivity index (χ4n) is 2.49. The second kappa shape index (κ2) is 6.29. The first-order chi connectivity index (χ1) is 11.1. The lowest BCUT2D eigenvalue weighted by Crippen LogP contribution is -2.33. The molecule has 120 valence electrons. The maximum Gasteiger partial charge on any atom is 0.330 e. The molecule has 2 N–H and O–H groups in total. The Morgan fingerprint density at radius 1 is 1.39 bits per heavy atom. The smallest absolute Gasteiger partial charge is 0.330 e. The number of nitrogens with one attached hydrogen (secondary N) is 1. The molecule has 3 rings (SSSR count). The summed E-state index contributed by atoms with van der Waals surface area (Å²) < 4.78 is 10.5. The van der Waals surface area contributed by atoms with Crippen LogP contribution in [-0.2, 0) is 11.2 Å². The number of carbonyl (C=O) groups excluding carboxylic acids is 1. The summed E-state index contributed by atoms with van der Waals surface area (Å²) in [5.74, 6) is -0.392. The van der Waals surface area contributed by atoms with E-state index in [2.05, 4.69) is 5.32 Å². The lowest BCUT2D eigenvalue weighted by atomic mass is 10.0. The van der Waals surface area contributed by atoms with Crippen LogP contribution in [0.25, 0.3) is 0 Å². The van der Waals surface area contributed by atoms with Crippen molar-refractivity contribution in [3.8, 4) is 11.5 Å². The number of methoxy groups -OCH3 is 1. The van der Waals surface area contributed by atoms with Crippen molar-refractivity contribution in [3.63, 3.8) is 0 Å². The van der Waals surface area contributed by atoms with Gasteiger partial charge in [0.2, 0.25) is 0 Å². The number of aliphatic carboxylic acids is 1. The molecule has 1 amide bonds. The minimum Gasteiger partial charge on any atom is -0.495 e. The molecule has 0 bridgehead atoms. The van der Waals surface area contributed by atoms with Gasteiger partial charge in [-0.1, -0.05) is 6.07 Å². The standard InChI is InChI=1S/C16H15NO5S/c1-21-12-5-7-23-14(12)15(18)17-13(16(19)20)10-2-3-11-9(8-10)4-6-22-11/h2-3,5,7-8,13H,4,6H2,1H3,(H,17,18)(H,19,20)/t13-/m1/s1. The van der Waals surface area contributed by atoms with Gasteiger partial charge in [-0.2, -0.15) is 0 Å². The molecule has 1 atom stereocenters. The molecule has 0 radical (unpaired) electrons. The Bertz CT molecular complexity index is 755. The van der Waals surface area contributed by atoms with E-state index in [-0.39, 0.29) is 0 Å². The van der Waals surface area contributed by atoms with E-state index < -0.39 is 17.9 Å². The monoisotopic (exact) mass is 333 g/mol. The van der Waals surface area contributed by atoms with Crippen molar-refractivity contribution in [2.45, 2.75) is 12.5 Å². The SMILES string of the molecule is COc1ccsc1C(=O)N[C@@H](C(=O)O)c1ccc2c(c1)CCO2. The number of benzene rings is 1. The van der Waals surface area contributed by atoms with Gasteiger partial charge in [0.25, 0.3) is 5.91 Å². The molecule has 7 heteroatoms. The third-order valence-corrected chi connectivity index (χ3v) is 4.52. The third-order valence-electron chi connectivity index (χ3n) is 3.62. The van der Waals surface area contributed by atoms with Crippen LogP contribution in [0.4, 0.5) is 0 Å². The fourth-order valence-corrected chi connectivity index (χ4v) is 3.26. The van der Waals surface area contributed by atoms with Gasteiger partial charge in [-0.15, -0.1) is 11.3 Å². The van der Waals surface area contributed by atoms with Crippen LogP contribution in [-0.4, -0.2) is 30.7 Å². The molecule has 1 aromatic carbocycles. The number of carbonyl (C=O) groups is 2. The quantitative estimate of drug-likeness (QED) is 0.876. The maximum absolute atomic E-state index is 12.3. The minimum absolute atomic E-state index is 0.350. The van der Waals surface area contributed by atoms with E-state index in [0.29, 0.717) is 22.8 Å². The molecule has 1 aliphatic heterocycles. The summed E-state index contributed by atoms with van der Waals surface area (Å²) in [4.78, 5) is 24.3. The van der Waals surface area contributed by atoms with E-state index >= 15 is 0 Å². The second-order valence-electron chi connectivity index (χ2n) is 5.03. The number of ether oxygens (including phenoxy) is 2. The number of amides is 1. The Morgan fingerprint density at radius 3 is 2.96 bits per heavy atom. The van der Waals surface area contributed by atoms with Crippen LogP contribution in [0.2, 0.25) is 0 Å². The molecule has 1 aliphatic rings. The van der Waals surface area contributed by atoms with Crippen molar-refractivity contribution in [2.24, 2.45) is 0 Å². The van der Waals surface area contributed by atoms with E-state index in [9.17, 15) is 14.7 Å². The van der Waals surface area contributed by atoms with Gasteiger partial charge in [0, 0.05) is 6.42 Å². The third kappa shape index (κ3) is 3.00. The van der Waals surface area contributed by atoms with Crippen LogP contribution in [0, 0.1) is 0 Å². The van der Waals surface area contributed by atoms with Crippen LogP contribution in [0.15, 0.2) is 29.6 Å². The van der Waals surface area contributed by atoms with E-state index in [1.165, 1.54) is 18.4 Å². The summed E-state index contributed by atoms with van der Waals surface area (Å²) in [6, 6.07) is 5.72. The highest BCUT2D eigenvalue weighted by molar-refractivity contribution is 7.12. The summed E-state index contributed by atoms with van der Waals surface area (Å²) in [6.45, 7) is 0.593. The first-order valence-corrected chi connectivity index (χ1v) is 7.89. The zero-order chi connectivity index (χ0) is 16.4. The first-order valence-electron chi connectivity index (χ1n) is 7.01. The van der Waals surface area contributed by atoms with E-state index in [1.54, 1.807) is 29.6 Å². The predicted octanol–water partition coefficient (Wildman–Crippen LogP) is 2.25. The lowest BCUT2D eigenvalue weighted by molar-refractivity contribution is -0.139. The molecule has 0 saturated carbocycles. The molecule has 6 nitrogen and oxygen atoms in total. The zero-order valence-electron chi connectivity index (χ0n) is 12.4. The number of carboxylic acids is 1. The zero-order valence-corrected chi connectivity index (χ0v) is 13.2. The highest BCUT2D eigenvalue weighted by Gasteiger charge is 2.26. The van der Waals surface area contributed by atoms with Crippen LogP contribution in [0.5, 0.6) is 11.5 Å². The first kappa shape index (κ1) is 15.4. The van der Waals surface area contributed by atoms with Crippen molar-refractivity contribution in [1.29, 1.82) is 0 Å². The van der Waals surface area contributed by atoms with E-state index in [4.69, 9.17) is 9.47 Å². The van der Waals surface area contributed by atoms with E-state index in [0.717, 1.165) is 17.7 Å². The van der Waals surface area contributed by atoms with Gasteiger partial charge in [-0.25, -0.2) is 4.79 Å². The van der Waals surface area contributed by atoms with Crippen molar-refractivity contribution in [3.05, 3.63) is 45.6 Å². The highest BCUT2D eigenvalue weighted by atomic mass is 32.1. The topological polar surface area (TPSA) is 84.9 Å². The van der Waals surface area contributed by atoms with Crippen LogP contribution >= 0.6 is 11.3 Å². The summed E-state index contributed by atoms with van der Waals surface area (Å²) in [6.07, 6.45) is 0.738. The van der Waals surface area contributed by atoms with Gasteiger partial charge in [0.15, 0.2) is 6.04 Å². The van der Waals surface area contributed by atoms with Crippen LogP contribution in [0.3, 0.4) is 0 Å². The van der Waals surface area contributed by atoms with Gasteiger partial charge in [-0.05, 0) is 34.7 Å².